The third-order valence-corrected chi connectivity index (χ3v) is 6.92. The van der Waals surface area contributed by atoms with Gasteiger partial charge >= 0.3 is 0 Å². The summed E-state index contributed by atoms with van der Waals surface area (Å²) in [5.74, 6) is 0.160. The monoisotopic (exact) mass is 436 g/mol. The molecule has 1 saturated carbocycles. The van der Waals surface area contributed by atoms with Crippen molar-refractivity contribution < 1.29 is 10.6 Å². The Balaban J connectivity index is 0.00000259. The molecule has 1 amide bonds. The molecule has 1 saturated heterocycles. The van der Waals surface area contributed by atoms with Crippen molar-refractivity contribution in [1.29, 1.82) is 0 Å². The van der Waals surface area contributed by atoms with Gasteiger partial charge in [-0.15, -0.1) is 0 Å². The number of benzene rings is 1. The molecule has 1 aromatic carbocycles. The molecule has 7 nitrogen and oxygen atoms in total. The number of amides is 1. The Kier molecular flexibility index (Phi) is 5.36. The van der Waals surface area contributed by atoms with E-state index >= 15 is 0 Å². The summed E-state index contributed by atoms with van der Waals surface area (Å²) >= 11 is 0. The Morgan fingerprint density at radius 2 is 2.03 bits per heavy atom. The topological polar surface area (TPSA) is 75.9 Å². The molecule has 3 heterocycles. The molecule has 0 bridgehead atoms. The van der Waals surface area contributed by atoms with Crippen molar-refractivity contribution in [2.24, 2.45) is 5.41 Å². The molecular formula is C24H29FN6O. The first-order chi connectivity index (χ1) is 15.5. The van der Waals surface area contributed by atoms with Gasteiger partial charge in [-0.25, -0.2) is 9.37 Å². The minimum absolute atomic E-state index is 0. The number of hydrogen-bond donors (Lipinski definition) is 1. The SMILES string of the molecule is Cc1ccc(NC[C@@H]2CC3(CCC3)CCN2C(=O)c2cc(F)ccc2-n2nccn2)nc1.[HH]. The zero-order valence-corrected chi connectivity index (χ0v) is 18.2. The van der Waals surface area contributed by atoms with E-state index in [9.17, 15) is 9.18 Å². The van der Waals surface area contributed by atoms with Crippen molar-refractivity contribution in [3.05, 3.63) is 65.9 Å². The fourth-order valence-corrected chi connectivity index (χ4v) is 4.98. The first-order valence-electron chi connectivity index (χ1n) is 11.2. The summed E-state index contributed by atoms with van der Waals surface area (Å²) in [6.07, 6.45) is 10.5. The first-order valence-corrected chi connectivity index (χ1v) is 11.2. The van der Waals surface area contributed by atoms with E-state index in [-0.39, 0.29) is 18.9 Å². The van der Waals surface area contributed by atoms with Gasteiger partial charge in [-0.3, -0.25) is 4.79 Å². The second-order valence-electron chi connectivity index (χ2n) is 9.04. The van der Waals surface area contributed by atoms with Crippen LogP contribution in [0.25, 0.3) is 5.69 Å². The van der Waals surface area contributed by atoms with Crippen LogP contribution in [0.15, 0.2) is 48.9 Å². The van der Waals surface area contributed by atoms with Crippen LogP contribution in [0, 0.1) is 18.2 Å². The predicted molar refractivity (Wildman–Crippen MR) is 121 cm³/mol. The van der Waals surface area contributed by atoms with Crippen molar-refractivity contribution in [3.8, 4) is 5.69 Å². The molecule has 1 aliphatic carbocycles. The van der Waals surface area contributed by atoms with Gasteiger partial charge in [0.1, 0.15) is 11.6 Å². The van der Waals surface area contributed by atoms with Gasteiger partial charge in [0.25, 0.3) is 5.91 Å². The summed E-state index contributed by atoms with van der Waals surface area (Å²) in [6.45, 7) is 3.27. The van der Waals surface area contributed by atoms with Crippen LogP contribution in [0.5, 0.6) is 0 Å². The van der Waals surface area contributed by atoms with Crippen LogP contribution in [-0.2, 0) is 0 Å². The lowest BCUT2D eigenvalue weighted by Gasteiger charge is -2.51. The van der Waals surface area contributed by atoms with Crippen LogP contribution >= 0.6 is 0 Å². The van der Waals surface area contributed by atoms with Gasteiger partial charge in [0.15, 0.2) is 0 Å². The molecule has 3 aromatic rings. The number of likely N-dealkylation sites (tertiary alicyclic amines) is 1. The molecule has 1 spiro atoms. The average Bonchev–Trinajstić information content (AvgIpc) is 3.32. The Morgan fingerprint density at radius 1 is 1.22 bits per heavy atom. The lowest BCUT2D eigenvalue weighted by Crippen LogP contribution is -2.54. The minimum Gasteiger partial charge on any atom is -0.368 e. The zero-order chi connectivity index (χ0) is 22.1. The van der Waals surface area contributed by atoms with E-state index < -0.39 is 5.82 Å². The van der Waals surface area contributed by atoms with Crippen molar-refractivity contribution in [3.63, 3.8) is 0 Å². The highest BCUT2D eigenvalue weighted by atomic mass is 19.1. The number of pyridine rings is 1. The third kappa shape index (κ3) is 3.97. The molecule has 8 heteroatoms. The number of nitrogens with one attached hydrogen (secondary N) is 1. The number of anilines is 1. The summed E-state index contributed by atoms with van der Waals surface area (Å²) < 4.78 is 14.2. The molecule has 1 atom stereocenters. The highest BCUT2D eigenvalue weighted by Crippen LogP contribution is 2.50. The van der Waals surface area contributed by atoms with Crippen molar-refractivity contribution >= 4 is 11.7 Å². The van der Waals surface area contributed by atoms with Gasteiger partial charge in [0, 0.05) is 26.8 Å². The molecule has 1 aliphatic heterocycles. The lowest BCUT2D eigenvalue weighted by atomic mass is 9.61. The summed E-state index contributed by atoms with van der Waals surface area (Å²) in [4.78, 5) is 21.4. The largest absolute Gasteiger partial charge is 0.368 e. The summed E-state index contributed by atoms with van der Waals surface area (Å²) in [6, 6.07) is 8.16. The van der Waals surface area contributed by atoms with Gasteiger partial charge in [-0.05, 0) is 67.9 Å². The maximum absolute atomic E-state index is 14.2. The lowest BCUT2D eigenvalue weighted by molar-refractivity contribution is 0.00326. The number of piperidine rings is 1. The van der Waals surface area contributed by atoms with E-state index in [1.54, 1.807) is 18.5 Å². The number of carbonyl (C=O) groups is 1. The van der Waals surface area contributed by atoms with E-state index in [2.05, 4.69) is 20.5 Å². The quantitative estimate of drug-likeness (QED) is 0.647. The van der Waals surface area contributed by atoms with Crippen LogP contribution in [0.4, 0.5) is 10.2 Å². The van der Waals surface area contributed by atoms with Crippen molar-refractivity contribution in [2.75, 3.05) is 18.4 Å². The Hall–Kier alpha value is -3.29. The number of nitrogens with zero attached hydrogens (tertiary/aromatic N) is 5. The second-order valence-corrected chi connectivity index (χ2v) is 9.04. The summed E-state index contributed by atoms with van der Waals surface area (Å²) in [5, 5.41) is 11.7. The summed E-state index contributed by atoms with van der Waals surface area (Å²) in [7, 11) is 0. The molecule has 1 N–H and O–H groups in total. The molecular weight excluding hydrogens is 407 g/mol. The van der Waals surface area contributed by atoms with Crippen LogP contribution < -0.4 is 5.32 Å². The molecule has 168 valence electrons. The summed E-state index contributed by atoms with van der Waals surface area (Å²) in [5.41, 5.74) is 2.20. The fraction of sp³-hybridized carbons (Fsp3) is 0.417. The Morgan fingerprint density at radius 3 is 2.72 bits per heavy atom. The molecule has 32 heavy (non-hydrogen) atoms. The smallest absolute Gasteiger partial charge is 0.256 e. The molecule has 0 radical (unpaired) electrons. The number of hydrogen-bond acceptors (Lipinski definition) is 5. The van der Waals surface area contributed by atoms with E-state index in [1.807, 2.05) is 30.2 Å². The molecule has 2 fully saturated rings. The van der Waals surface area contributed by atoms with Gasteiger partial charge in [0.05, 0.1) is 23.6 Å². The maximum Gasteiger partial charge on any atom is 0.256 e. The number of aromatic nitrogens is 4. The Bertz CT molecular complexity index is 1100. The fourth-order valence-electron chi connectivity index (χ4n) is 4.98. The average molecular weight is 437 g/mol. The first kappa shape index (κ1) is 20.6. The zero-order valence-electron chi connectivity index (χ0n) is 18.2. The normalized spacial score (nSPS) is 19.6. The van der Waals surface area contributed by atoms with E-state index in [1.165, 1.54) is 36.2 Å². The standard InChI is InChI=1S/C24H27FN6O.H2/c1-17-3-6-22(26-15-17)27-16-19-14-24(7-2-8-24)9-12-30(19)23(32)20-13-18(25)4-5-21(20)31-28-10-11-29-31;/h3-6,10-11,13,15,19H,2,7-9,12,14,16H2,1H3,(H,26,27);1H/t19-;/m0./s1. The highest BCUT2D eigenvalue weighted by Gasteiger charge is 2.45. The van der Waals surface area contributed by atoms with E-state index in [0.29, 0.717) is 24.2 Å². The molecule has 2 aromatic heterocycles. The van der Waals surface area contributed by atoms with Gasteiger partial charge in [0.2, 0.25) is 0 Å². The number of carbonyl (C=O) groups excluding carboxylic acids is 1. The van der Waals surface area contributed by atoms with Crippen LogP contribution in [0.1, 0.15) is 49.5 Å². The second kappa shape index (κ2) is 8.33. The number of rotatable bonds is 5. The minimum atomic E-state index is -0.449. The Labute approximate surface area is 188 Å². The highest BCUT2D eigenvalue weighted by molar-refractivity contribution is 5.98. The number of aryl methyl sites for hydroxylation is 1. The molecule has 5 rings (SSSR count). The van der Waals surface area contributed by atoms with Gasteiger partial charge in [-0.2, -0.15) is 15.0 Å². The van der Waals surface area contributed by atoms with E-state index in [0.717, 1.165) is 24.2 Å². The van der Waals surface area contributed by atoms with Crippen LogP contribution in [0.2, 0.25) is 0 Å². The van der Waals surface area contributed by atoms with Crippen molar-refractivity contribution in [2.45, 2.75) is 45.1 Å². The van der Waals surface area contributed by atoms with Gasteiger partial charge in [-0.1, -0.05) is 12.5 Å². The number of halogens is 1. The predicted octanol–water partition coefficient (Wildman–Crippen LogP) is 4.24. The maximum atomic E-state index is 14.2. The molecule has 0 unspecified atom stereocenters. The molecule has 2 aliphatic rings. The third-order valence-electron chi connectivity index (χ3n) is 6.92. The van der Waals surface area contributed by atoms with Crippen molar-refractivity contribution in [1.82, 2.24) is 24.9 Å². The van der Waals surface area contributed by atoms with Gasteiger partial charge < -0.3 is 10.2 Å². The van der Waals surface area contributed by atoms with E-state index in [4.69, 9.17) is 0 Å². The van der Waals surface area contributed by atoms with Crippen LogP contribution in [0.3, 0.4) is 0 Å². The van der Waals surface area contributed by atoms with Crippen LogP contribution in [-0.4, -0.2) is 49.9 Å².